The molecule has 5 N–H and O–H groups in total. The van der Waals surface area contributed by atoms with Crippen LogP contribution in [0.1, 0.15) is 138 Å². The summed E-state index contributed by atoms with van der Waals surface area (Å²) in [6, 6.07) is 8.81. The number of alkyl carbamates (subject to hydrolysis) is 1. The number of carbonyl (C=O) groups excluding carboxylic acids is 4. The van der Waals surface area contributed by atoms with Crippen molar-refractivity contribution in [2.75, 3.05) is 26.2 Å². The van der Waals surface area contributed by atoms with E-state index in [1.807, 2.05) is 76.8 Å². The van der Waals surface area contributed by atoms with Crippen molar-refractivity contribution < 1.29 is 33.4 Å². The molecule has 1 aromatic carbocycles. The molecule has 1 heterocycles. The van der Waals surface area contributed by atoms with Gasteiger partial charge in [0.1, 0.15) is 36.2 Å². The fourth-order valence-electron chi connectivity index (χ4n) is 7.76. The van der Waals surface area contributed by atoms with Crippen molar-refractivity contribution >= 4 is 23.9 Å². The van der Waals surface area contributed by atoms with Crippen LogP contribution in [0.25, 0.3) is 0 Å². The minimum absolute atomic E-state index is 0.0163. The summed E-state index contributed by atoms with van der Waals surface area (Å²) < 4.78 is 17.4. The summed E-state index contributed by atoms with van der Waals surface area (Å²) in [7, 11) is 0. The van der Waals surface area contributed by atoms with E-state index in [1.54, 1.807) is 0 Å². The van der Waals surface area contributed by atoms with E-state index in [-0.39, 0.29) is 55.6 Å². The summed E-state index contributed by atoms with van der Waals surface area (Å²) >= 11 is 0. The smallest absolute Gasteiger partial charge is 0.407 e. The van der Waals surface area contributed by atoms with Crippen molar-refractivity contribution in [2.24, 2.45) is 0 Å². The van der Waals surface area contributed by atoms with Crippen molar-refractivity contribution in [2.45, 2.75) is 174 Å². The zero-order valence-electron chi connectivity index (χ0n) is 37.5. The Kier molecular flexibility index (Phi) is 16.5. The van der Waals surface area contributed by atoms with Crippen LogP contribution in [0.15, 0.2) is 64.2 Å². The summed E-state index contributed by atoms with van der Waals surface area (Å²) in [6.07, 6.45) is 10.1. The molecular formula is C47H72N6O7. The maximum Gasteiger partial charge on any atom is 0.407 e. The topological polar surface area (TPSA) is 159 Å². The maximum absolute atomic E-state index is 14.3. The van der Waals surface area contributed by atoms with E-state index in [4.69, 9.17) is 14.2 Å². The molecule has 4 atom stereocenters. The molecule has 4 fully saturated rings. The van der Waals surface area contributed by atoms with Gasteiger partial charge in [-0.1, -0.05) is 30.3 Å². The standard InChI is InChI=1S/C47H72N6O7/c1-31-27-38(52-42(35-19-13-20-35)32(2)48-25-26-49-45(57)60-47(6,7)8)44(56)53(31)29-39(34-17-12-18-34)51-37(43(36-21-14-22-36)59-46(3,4)5)23-24-40(54)50-28-41(55)58-30-33-15-10-9-11-16-33/h9-11,15-16,31-32,37-38,48,51-52H,12-14,17-30H2,1-8H3,(H,49,57)(H,50,54). The Morgan fingerprint density at radius 1 is 0.833 bits per heavy atom. The number of hydrogen-bond acceptors (Lipinski definition) is 10. The first kappa shape index (κ1) is 46.5. The molecule has 0 bridgehead atoms. The van der Waals surface area contributed by atoms with Gasteiger partial charge in [0.25, 0.3) is 0 Å². The molecule has 4 aliphatic rings. The number of hydrogen-bond donors (Lipinski definition) is 5. The number of benzene rings is 1. The van der Waals surface area contributed by atoms with Crippen LogP contribution in [0, 0.1) is 0 Å². The molecule has 0 aromatic heterocycles. The molecule has 13 nitrogen and oxygen atoms in total. The van der Waals surface area contributed by atoms with E-state index in [1.165, 1.54) is 16.7 Å². The lowest BCUT2D eigenvalue weighted by molar-refractivity contribution is -0.145. The van der Waals surface area contributed by atoms with Crippen LogP contribution in [0.3, 0.4) is 0 Å². The zero-order chi connectivity index (χ0) is 43.5. The maximum atomic E-state index is 14.3. The number of allylic oxidation sites excluding steroid dienone is 3. The number of rotatable bonds is 20. The molecule has 1 aliphatic heterocycles. The first-order valence-corrected chi connectivity index (χ1v) is 22.3. The number of carbonyl (C=O) groups is 4. The molecule has 1 aromatic rings. The monoisotopic (exact) mass is 833 g/mol. The number of esters is 1. The summed E-state index contributed by atoms with van der Waals surface area (Å²) in [5.74, 6) is 0.248. The molecule has 5 rings (SSSR count). The molecule has 3 amide bonds. The van der Waals surface area contributed by atoms with E-state index >= 15 is 0 Å². The number of likely N-dealkylation sites (tertiary alicyclic amines) is 1. The number of ether oxygens (including phenoxy) is 3. The molecule has 60 heavy (non-hydrogen) atoms. The number of nitrogens with one attached hydrogen (secondary N) is 5. The van der Waals surface area contributed by atoms with Crippen LogP contribution in [0.5, 0.6) is 0 Å². The minimum Gasteiger partial charge on any atom is -0.490 e. The van der Waals surface area contributed by atoms with Crippen molar-refractivity contribution in [3.8, 4) is 0 Å². The average molecular weight is 833 g/mol. The lowest BCUT2D eigenvalue weighted by Gasteiger charge is -2.37. The quantitative estimate of drug-likeness (QED) is 0.0538. The van der Waals surface area contributed by atoms with Gasteiger partial charge in [-0.15, -0.1) is 0 Å². The van der Waals surface area contributed by atoms with Gasteiger partial charge in [0.05, 0.1) is 12.6 Å². The highest BCUT2D eigenvalue weighted by Gasteiger charge is 2.40. The SMILES string of the molecule is CC(NCCNC(=O)OC(C)(C)C)C(NC1CC(C)N(CC(NC(CCC(=O)NCC(=O)OCc2ccccc2)C(OC(C)(C)C)=C2CCC2)=C2CCC2)C1=O)=C1CCC1. The van der Waals surface area contributed by atoms with Gasteiger partial charge in [-0.2, -0.15) is 0 Å². The molecule has 4 unspecified atom stereocenters. The van der Waals surface area contributed by atoms with Crippen molar-refractivity contribution in [3.63, 3.8) is 0 Å². The summed E-state index contributed by atoms with van der Waals surface area (Å²) in [5, 5.41) is 16.7. The molecule has 3 aliphatic carbocycles. The van der Waals surface area contributed by atoms with Crippen LogP contribution in [-0.4, -0.2) is 90.3 Å². The third kappa shape index (κ3) is 14.3. The van der Waals surface area contributed by atoms with Crippen molar-refractivity contribution in [1.82, 2.24) is 31.5 Å². The third-order valence-corrected chi connectivity index (χ3v) is 11.5. The van der Waals surface area contributed by atoms with Crippen LogP contribution in [0.2, 0.25) is 0 Å². The van der Waals surface area contributed by atoms with Gasteiger partial charge in [0.2, 0.25) is 11.8 Å². The fourth-order valence-corrected chi connectivity index (χ4v) is 7.76. The first-order chi connectivity index (χ1) is 28.5. The van der Waals surface area contributed by atoms with Gasteiger partial charge < -0.3 is 45.7 Å². The highest BCUT2D eigenvalue weighted by atomic mass is 16.6. The van der Waals surface area contributed by atoms with Crippen molar-refractivity contribution in [3.05, 3.63) is 69.8 Å². The number of nitrogens with zero attached hydrogens (tertiary/aromatic N) is 1. The first-order valence-electron chi connectivity index (χ1n) is 22.3. The van der Waals surface area contributed by atoms with Gasteiger partial charge in [-0.05, 0) is 148 Å². The van der Waals surface area contributed by atoms with Gasteiger partial charge in [-0.3, -0.25) is 14.4 Å². The Balaban J connectivity index is 1.23. The Bertz CT molecular complexity index is 1740. The second-order valence-corrected chi connectivity index (χ2v) is 18.9. The van der Waals surface area contributed by atoms with E-state index in [9.17, 15) is 19.2 Å². The molecule has 3 saturated carbocycles. The molecular weight excluding hydrogens is 761 g/mol. The van der Waals surface area contributed by atoms with Gasteiger partial charge in [-0.25, -0.2) is 4.79 Å². The van der Waals surface area contributed by atoms with Crippen LogP contribution in [-0.2, 0) is 35.2 Å². The van der Waals surface area contributed by atoms with Gasteiger partial charge in [0, 0.05) is 43.0 Å². The van der Waals surface area contributed by atoms with Crippen molar-refractivity contribution in [1.29, 1.82) is 0 Å². The van der Waals surface area contributed by atoms with Gasteiger partial charge in [0.15, 0.2) is 0 Å². The Morgan fingerprint density at radius 2 is 1.47 bits per heavy atom. The van der Waals surface area contributed by atoms with E-state index in [0.717, 1.165) is 80.5 Å². The normalized spacial score (nSPS) is 19.8. The second kappa shape index (κ2) is 21.3. The lowest BCUT2D eigenvalue weighted by atomic mass is 9.87. The van der Waals surface area contributed by atoms with Crippen LogP contribution in [0.4, 0.5) is 4.79 Å². The Morgan fingerprint density at radius 3 is 2.05 bits per heavy atom. The summed E-state index contributed by atoms with van der Waals surface area (Å²) in [6.45, 7) is 17.3. The Labute approximate surface area is 358 Å². The highest BCUT2D eigenvalue weighted by Crippen LogP contribution is 2.36. The average Bonchev–Trinajstić information content (AvgIpc) is 3.36. The molecule has 1 saturated heterocycles. The third-order valence-electron chi connectivity index (χ3n) is 11.5. The van der Waals surface area contributed by atoms with Crippen LogP contribution < -0.4 is 26.6 Å². The summed E-state index contributed by atoms with van der Waals surface area (Å²) in [4.78, 5) is 54.2. The second-order valence-electron chi connectivity index (χ2n) is 18.9. The summed E-state index contributed by atoms with van der Waals surface area (Å²) in [5.41, 5.74) is 5.93. The molecule has 0 spiro atoms. The number of amides is 3. The fraction of sp³-hybridized carbons (Fsp3) is 0.660. The lowest BCUT2D eigenvalue weighted by Crippen LogP contribution is -2.47. The van der Waals surface area contributed by atoms with E-state index in [2.05, 4.69) is 40.4 Å². The largest absolute Gasteiger partial charge is 0.490 e. The predicted octanol–water partition coefficient (Wildman–Crippen LogP) is 6.80. The zero-order valence-corrected chi connectivity index (χ0v) is 37.5. The predicted molar refractivity (Wildman–Crippen MR) is 233 cm³/mol. The molecule has 332 valence electrons. The minimum atomic E-state index is -0.555. The van der Waals surface area contributed by atoms with E-state index < -0.39 is 23.3 Å². The highest BCUT2D eigenvalue weighted by molar-refractivity contribution is 5.85. The van der Waals surface area contributed by atoms with Crippen LogP contribution >= 0.6 is 0 Å². The van der Waals surface area contributed by atoms with E-state index in [0.29, 0.717) is 32.5 Å². The Hall–Kier alpha value is -4.52. The molecule has 0 radical (unpaired) electrons. The van der Waals surface area contributed by atoms with Gasteiger partial charge >= 0.3 is 12.1 Å². The molecule has 13 heteroatoms.